The van der Waals surface area contributed by atoms with Crippen LogP contribution in [0.2, 0.25) is 29.6 Å². The predicted molar refractivity (Wildman–Crippen MR) is 431 cm³/mol. The molecule has 0 aliphatic carbocycles. The van der Waals surface area contributed by atoms with E-state index < -0.39 is 36.8 Å². The van der Waals surface area contributed by atoms with Gasteiger partial charge in [-0.1, -0.05) is 156 Å². The Bertz CT molecular complexity index is 2570. The molecule has 6 rings (SSSR count). The molecule has 0 radical (unpaired) electrons. The van der Waals surface area contributed by atoms with Crippen LogP contribution in [-0.4, -0.2) is 36.8 Å². The molecule has 0 atom stereocenters. The second-order valence-corrected chi connectivity index (χ2v) is 67.5. The Morgan fingerprint density at radius 3 is 0.644 bits per heavy atom. The van der Waals surface area contributed by atoms with Crippen molar-refractivity contribution in [2.75, 3.05) is 0 Å². The topological polar surface area (TPSA) is 0 Å². The summed E-state index contributed by atoms with van der Waals surface area (Å²) in [6.07, 6.45) is 76.4. The summed E-state index contributed by atoms with van der Waals surface area (Å²) in [5, 5.41) is 0. The molecule has 0 aliphatic rings. The molecule has 0 saturated heterocycles. The molecule has 0 unspecified atom stereocenters. The summed E-state index contributed by atoms with van der Waals surface area (Å²) in [6.45, 7) is 9.34. The summed E-state index contributed by atoms with van der Waals surface area (Å²) >= 11 is 8.73. The van der Waals surface area contributed by atoms with Gasteiger partial charge in [-0.25, -0.2) is 0 Å². The van der Waals surface area contributed by atoms with Gasteiger partial charge >= 0.3 is 441 Å². The number of rotatable bonds is 58. The molecule has 0 aromatic carbocycles. The summed E-state index contributed by atoms with van der Waals surface area (Å²) in [5.74, 6) is 0. The average Bonchev–Trinajstić information content (AvgIpc) is 1.56. The van der Waals surface area contributed by atoms with Gasteiger partial charge in [-0.05, 0) is 0 Å². The van der Waals surface area contributed by atoms with Crippen molar-refractivity contribution in [3.63, 3.8) is 0 Å². The van der Waals surface area contributed by atoms with Gasteiger partial charge in [0.2, 0.25) is 0 Å². The van der Waals surface area contributed by atoms with Gasteiger partial charge in [0, 0.05) is 0 Å². The molecule has 8 heteroatoms. The molecule has 0 spiro atoms. The number of unbranched alkanes of at least 4 members (excludes halogenated alkanes) is 46. The van der Waals surface area contributed by atoms with Crippen LogP contribution < -0.4 is 5.79 Å². The summed E-state index contributed by atoms with van der Waals surface area (Å²) in [4.78, 5) is 22.8. The second kappa shape index (κ2) is 46.8. The van der Waals surface area contributed by atoms with Gasteiger partial charge in [-0.2, -0.15) is 0 Å². The quantitative estimate of drug-likeness (QED) is 0.0264. The fraction of sp³-hybridized carbons (Fsp3) is 0.780. The minimum absolute atomic E-state index is 1.25. The monoisotopic (exact) mass is 1560 g/mol. The predicted octanol–water partition coefficient (Wildman–Crippen LogP) is 31.7. The molecule has 90 heavy (non-hydrogen) atoms. The van der Waals surface area contributed by atoms with E-state index in [1.807, 2.05) is 5.79 Å². The van der Waals surface area contributed by atoms with Gasteiger partial charge in [0.1, 0.15) is 0 Å². The van der Waals surface area contributed by atoms with E-state index in [2.05, 4.69) is 137 Å². The maximum absolute atomic E-state index is 2.77. The molecule has 6 aromatic rings. The van der Waals surface area contributed by atoms with E-state index in [0.717, 1.165) is 0 Å². The number of hydrogen-bond acceptors (Lipinski definition) is 6. The van der Waals surface area contributed by atoms with Gasteiger partial charge < -0.3 is 0 Å². The second-order valence-electron chi connectivity index (χ2n) is 30.7. The van der Waals surface area contributed by atoms with Crippen LogP contribution in [0.4, 0.5) is 0 Å². The summed E-state index contributed by atoms with van der Waals surface area (Å²) in [5.41, 5.74) is 6.98. The number of fused-ring (bicyclic) bond motifs is 5. The van der Waals surface area contributed by atoms with Crippen molar-refractivity contribution in [3.8, 4) is 19.5 Å². The van der Waals surface area contributed by atoms with Crippen molar-refractivity contribution in [3.05, 3.63) is 34.4 Å². The zero-order valence-corrected chi connectivity index (χ0v) is 71.4. The summed E-state index contributed by atoms with van der Waals surface area (Å²) in [7, 11) is 0. The van der Waals surface area contributed by atoms with Crippen LogP contribution in [0.15, 0.2) is 12.1 Å². The fourth-order valence-electron chi connectivity index (χ4n) is 14.5. The van der Waals surface area contributed by atoms with Crippen molar-refractivity contribution in [1.29, 1.82) is 0 Å². The molecule has 0 amide bonds. The van der Waals surface area contributed by atoms with Gasteiger partial charge in [0.05, 0.1) is 0 Å². The van der Waals surface area contributed by atoms with Crippen molar-refractivity contribution in [1.82, 2.24) is 0 Å². The Morgan fingerprint density at radius 1 is 0.222 bits per heavy atom. The third kappa shape index (κ3) is 28.4. The minimum atomic E-state index is -2.38. The van der Waals surface area contributed by atoms with E-state index in [9.17, 15) is 0 Å². The molecule has 6 heterocycles. The molecule has 512 valence electrons. The van der Waals surface area contributed by atoms with Crippen LogP contribution >= 0.6 is 68.0 Å². The van der Waals surface area contributed by atoms with E-state index in [4.69, 9.17) is 0 Å². The number of thiophene rings is 6. The van der Waals surface area contributed by atoms with Crippen LogP contribution in [-0.2, 0) is 25.7 Å². The van der Waals surface area contributed by atoms with Crippen molar-refractivity contribution in [2.24, 2.45) is 0 Å². The molecule has 0 saturated carbocycles. The van der Waals surface area contributed by atoms with E-state index in [1.54, 1.807) is 70.0 Å². The molecule has 6 aromatic heterocycles. The van der Waals surface area contributed by atoms with Crippen LogP contribution in [0.1, 0.15) is 371 Å². The molecular formula is C82H140S6Sn2. The maximum atomic E-state index is 2.77. The standard InChI is InChI=1S/C76H122S6.6CH3.2Sn/c1-5-9-13-17-21-25-29-31-33-35-37-41-45-49-53-57-65-69(67-59-63(61-77-67)55-51-47-43-39-27-23-19-15-11-7-3)79-73-71(65)81-76-74-72(82-75(73)76)66(58-54-50-46-42-38-36-34-32-30-26-22-18-14-10-6-2)70(80-74)68-60-64(62-78-68)56-52-48-44-40-28-24-20-16-12-8-4;;;;;;;;/h59-60H,5-58H2,1-4H3;6*1H3;;. The Labute approximate surface area is 590 Å². The molecular weight excluding hydrogens is 1410 g/mol. The fourth-order valence-corrected chi connectivity index (χ4v) is 37.3. The third-order valence-electron chi connectivity index (χ3n) is 20.0. The molecule has 0 fully saturated rings. The first-order valence-corrected chi connectivity index (χ1v) is 64.5. The SMILES string of the molecule is CCCCCCCCCCCCCCCCCc1c(-c2cc(CCCCCCCCCCCC)[c]([Sn]([CH3])([CH3])[CH3])s2)sc2c1sc1c3sc(-c4cc(CCCCCCCCCCCC)[c]([Sn]([CH3])([CH3])[CH3])s4)c(CCCCCCCCCCCCCCCCC)c3sc21. The zero-order chi connectivity index (χ0) is 64.1. The Morgan fingerprint density at radius 2 is 0.422 bits per heavy atom. The number of hydrogen-bond donors (Lipinski definition) is 0. The van der Waals surface area contributed by atoms with Crippen LogP contribution in [0.25, 0.3) is 47.7 Å². The van der Waals surface area contributed by atoms with Crippen LogP contribution in [0.5, 0.6) is 0 Å². The average molecular weight is 1560 g/mol. The van der Waals surface area contributed by atoms with Gasteiger partial charge in [0.25, 0.3) is 0 Å². The molecule has 0 nitrogen and oxygen atoms in total. The Hall–Kier alpha value is 0.577. The first-order valence-electron chi connectivity index (χ1n) is 39.6. The normalized spacial score (nSPS) is 12.5. The van der Waals surface area contributed by atoms with E-state index in [0.29, 0.717) is 0 Å². The van der Waals surface area contributed by atoms with Crippen LogP contribution in [0, 0.1) is 0 Å². The van der Waals surface area contributed by atoms with Gasteiger partial charge in [-0.15, -0.1) is 0 Å². The Balaban J connectivity index is 1.23. The molecule has 0 aliphatic heterocycles. The first-order chi connectivity index (χ1) is 43.9. The van der Waals surface area contributed by atoms with E-state index in [1.165, 1.54) is 347 Å². The van der Waals surface area contributed by atoms with Gasteiger partial charge in [-0.3, -0.25) is 0 Å². The molecule has 0 N–H and O–H groups in total. The van der Waals surface area contributed by atoms with Crippen LogP contribution in [0.3, 0.4) is 0 Å². The molecule has 0 bridgehead atoms. The van der Waals surface area contributed by atoms with Crippen molar-refractivity contribution >= 4 is 139 Å². The Kier molecular flexibility index (Phi) is 41.4. The van der Waals surface area contributed by atoms with Crippen molar-refractivity contribution in [2.45, 2.75) is 404 Å². The van der Waals surface area contributed by atoms with E-state index in [-0.39, 0.29) is 0 Å². The summed E-state index contributed by atoms with van der Waals surface area (Å²) in [6, 6.07) is 5.55. The number of aryl methyl sites for hydroxylation is 4. The first kappa shape index (κ1) is 79.6. The van der Waals surface area contributed by atoms with Crippen molar-refractivity contribution < 1.29 is 0 Å². The van der Waals surface area contributed by atoms with E-state index >= 15 is 0 Å². The zero-order valence-electron chi connectivity index (χ0n) is 60.8. The van der Waals surface area contributed by atoms with Gasteiger partial charge in [0.15, 0.2) is 0 Å². The third-order valence-corrected chi connectivity index (χ3v) is 47.6. The summed E-state index contributed by atoms with van der Waals surface area (Å²) < 4.78 is 13.7.